The van der Waals surface area contributed by atoms with E-state index < -0.39 is 0 Å². The van der Waals surface area contributed by atoms with Crippen LogP contribution in [0.25, 0.3) is 0 Å². The van der Waals surface area contributed by atoms with Gasteiger partial charge in [0, 0.05) is 28.9 Å². The van der Waals surface area contributed by atoms with Crippen molar-refractivity contribution in [3.05, 3.63) is 45.8 Å². The van der Waals surface area contributed by atoms with Gasteiger partial charge < -0.3 is 4.74 Å². The normalized spacial score (nSPS) is 10.6. The molecule has 4 heteroatoms. The van der Waals surface area contributed by atoms with Crippen LogP contribution in [-0.2, 0) is 18.7 Å². The minimum absolute atomic E-state index is 0.501. The van der Waals surface area contributed by atoms with E-state index in [1.54, 1.807) is 11.3 Å². The third-order valence-corrected chi connectivity index (χ3v) is 4.00. The first-order valence-corrected chi connectivity index (χ1v) is 7.94. The van der Waals surface area contributed by atoms with Crippen molar-refractivity contribution < 1.29 is 4.74 Å². The zero-order chi connectivity index (χ0) is 13.5. The van der Waals surface area contributed by atoms with Gasteiger partial charge in [0.1, 0.15) is 0 Å². The van der Waals surface area contributed by atoms with E-state index in [1.807, 2.05) is 6.07 Å². The first-order chi connectivity index (χ1) is 9.31. The van der Waals surface area contributed by atoms with Gasteiger partial charge >= 0.3 is 0 Å². The van der Waals surface area contributed by atoms with Crippen molar-refractivity contribution in [1.82, 2.24) is 4.98 Å². The number of thiophene rings is 1. The first-order valence-electron chi connectivity index (χ1n) is 6.52. The lowest BCUT2D eigenvalue weighted by Gasteiger charge is -2.08. The van der Waals surface area contributed by atoms with E-state index in [2.05, 4.69) is 35.5 Å². The zero-order valence-corrected chi connectivity index (χ0v) is 12.6. The molecule has 2 aromatic rings. The summed E-state index contributed by atoms with van der Waals surface area (Å²) >= 11 is 7.66. The Morgan fingerprint density at radius 3 is 2.89 bits per heavy atom. The molecule has 0 atom stereocenters. The molecule has 0 radical (unpaired) electrons. The Morgan fingerprint density at radius 2 is 2.21 bits per heavy atom. The lowest BCUT2D eigenvalue weighted by Crippen LogP contribution is -2.03. The van der Waals surface area contributed by atoms with Crippen molar-refractivity contribution >= 4 is 22.9 Å². The maximum atomic E-state index is 5.90. The number of rotatable bonds is 7. The molecule has 0 bridgehead atoms. The monoisotopic (exact) mass is 295 g/mol. The number of halogens is 1. The molecular weight excluding hydrogens is 278 g/mol. The fourth-order valence-corrected chi connectivity index (χ4v) is 2.71. The van der Waals surface area contributed by atoms with E-state index in [4.69, 9.17) is 16.3 Å². The molecule has 0 fully saturated rings. The van der Waals surface area contributed by atoms with Crippen molar-refractivity contribution in [2.75, 3.05) is 6.61 Å². The molecule has 0 N–H and O–H groups in total. The molecule has 0 aromatic carbocycles. The summed E-state index contributed by atoms with van der Waals surface area (Å²) in [7, 11) is 0. The topological polar surface area (TPSA) is 22.1 Å². The van der Waals surface area contributed by atoms with Gasteiger partial charge in [0.25, 0.3) is 0 Å². The molecule has 0 spiro atoms. The van der Waals surface area contributed by atoms with Crippen LogP contribution in [0.4, 0.5) is 0 Å². The number of alkyl halides is 1. The third kappa shape index (κ3) is 4.51. The molecule has 0 aliphatic carbocycles. The van der Waals surface area contributed by atoms with Gasteiger partial charge in [-0.3, -0.25) is 0 Å². The molecule has 0 aliphatic heterocycles. The van der Waals surface area contributed by atoms with Crippen molar-refractivity contribution in [3.63, 3.8) is 0 Å². The second-order valence-corrected chi connectivity index (χ2v) is 5.67. The molecule has 2 aromatic heterocycles. The van der Waals surface area contributed by atoms with Crippen molar-refractivity contribution in [2.45, 2.75) is 32.1 Å². The first kappa shape index (κ1) is 14.4. The molecule has 102 valence electrons. The van der Waals surface area contributed by atoms with E-state index in [0.29, 0.717) is 18.4 Å². The van der Waals surface area contributed by atoms with Crippen LogP contribution in [0.15, 0.2) is 29.6 Å². The van der Waals surface area contributed by atoms with E-state index in [0.717, 1.165) is 30.5 Å². The number of aryl methyl sites for hydroxylation is 1. The van der Waals surface area contributed by atoms with Crippen molar-refractivity contribution in [2.24, 2.45) is 0 Å². The average Bonchev–Trinajstić information content (AvgIpc) is 2.92. The predicted molar refractivity (Wildman–Crippen MR) is 81.3 cm³/mol. The van der Waals surface area contributed by atoms with Crippen molar-refractivity contribution in [1.29, 1.82) is 0 Å². The maximum absolute atomic E-state index is 5.90. The van der Waals surface area contributed by atoms with E-state index in [9.17, 15) is 0 Å². The Balaban J connectivity index is 1.96. The summed E-state index contributed by atoms with van der Waals surface area (Å²) in [5, 5.41) is 2.08. The Morgan fingerprint density at radius 1 is 1.32 bits per heavy atom. The molecule has 2 heterocycles. The van der Waals surface area contributed by atoms with Crippen LogP contribution >= 0.6 is 22.9 Å². The highest BCUT2D eigenvalue weighted by atomic mass is 35.5. The Kier molecular flexibility index (Phi) is 5.67. The van der Waals surface area contributed by atoms with Gasteiger partial charge in [0.2, 0.25) is 5.88 Å². The predicted octanol–water partition coefficient (Wildman–Crippen LogP) is 4.46. The lowest BCUT2D eigenvalue weighted by atomic mass is 10.2. The minimum Gasteiger partial charge on any atom is -0.477 e. The largest absolute Gasteiger partial charge is 0.477 e. The van der Waals surface area contributed by atoms with Gasteiger partial charge in [-0.2, -0.15) is 0 Å². The van der Waals surface area contributed by atoms with Gasteiger partial charge in [0.05, 0.1) is 6.61 Å². The highest BCUT2D eigenvalue weighted by Gasteiger charge is 2.04. The van der Waals surface area contributed by atoms with Crippen molar-refractivity contribution in [3.8, 4) is 5.88 Å². The summed E-state index contributed by atoms with van der Waals surface area (Å²) in [6.07, 6.45) is 2.97. The highest BCUT2D eigenvalue weighted by Crippen LogP contribution is 2.17. The van der Waals surface area contributed by atoms with Crippen LogP contribution < -0.4 is 4.74 Å². The molecule has 2 nitrogen and oxygen atoms in total. The lowest BCUT2D eigenvalue weighted by molar-refractivity contribution is 0.309. The molecule has 0 unspecified atom stereocenters. The molecule has 0 aliphatic rings. The Hall–Kier alpha value is -1.06. The number of ether oxygens (including phenoxy) is 1. The molecule has 2 rings (SSSR count). The summed E-state index contributed by atoms with van der Waals surface area (Å²) in [5.74, 6) is 1.19. The fourth-order valence-electron chi connectivity index (χ4n) is 1.87. The van der Waals surface area contributed by atoms with Crippen LogP contribution in [0, 0.1) is 0 Å². The van der Waals surface area contributed by atoms with E-state index >= 15 is 0 Å². The molecule has 19 heavy (non-hydrogen) atoms. The van der Waals surface area contributed by atoms with Gasteiger partial charge in [-0.05, 0) is 29.5 Å². The number of nitrogens with zero attached hydrogens (tertiary/aromatic N) is 1. The molecule has 0 amide bonds. The Labute approximate surface area is 123 Å². The number of pyridine rings is 1. The second-order valence-electron chi connectivity index (χ2n) is 4.37. The summed E-state index contributed by atoms with van der Waals surface area (Å²) in [6, 6.07) is 8.17. The molecule has 0 saturated heterocycles. The van der Waals surface area contributed by atoms with Crippen LogP contribution in [0.3, 0.4) is 0 Å². The Bertz CT molecular complexity index is 499. The summed E-state index contributed by atoms with van der Waals surface area (Å²) in [4.78, 5) is 5.85. The van der Waals surface area contributed by atoms with Crippen LogP contribution in [-0.4, -0.2) is 11.6 Å². The van der Waals surface area contributed by atoms with Crippen LogP contribution in [0.1, 0.15) is 29.5 Å². The molecule has 0 saturated carbocycles. The highest BCUT2D eigenvalue weighted by molar-refractivity contribution is 7.09. The van der Waals surface area contributed by atoms with Gasteiger partial charge in [0.15, 0.2) is 0 Å². The SMILES string of the molecule is CCCc1cc(CCl)cc(OCCc2cccs2)n1. The van der Waals surface area contributed by atoms with Gasteiger partial charge in [-0.1, -0.05) is 19.4 Å². The van der Waals surface area contributed by atoms with Crippen LogP contribution in [0.2, 0.25) is 0 Å². The van der Waals surface area contributed by atoms with Crippen LogP contribution in [0.5, 0.6) is 5.88 Å². The van der Waals surface area contributed by atoms with Gasteiger partial charge in [-0.15, -0.1) is 22.9 Å². The number of hydrogen-bond donors (Lipinski definition) is 0. The minimum atomic E-state index is 0.501. The number of hydrogen-bond acceptors (Lipinski definition) is 3. The van der Waals surface area contributed by atoms with Gasteiger partial charge in [-0.25, -0.2) is 4.98 Å². The maximum Gasteiger partial charge on any atom is 0.213 e. The standard InChI is InChI=1S/C15H18ClNOS/c1-2-4-13-9-12(11-16)10-15(17-13)18-7-6-14-5-3-8-19-14/h3,5,8-10H,2,4,6-7,11H2,1H3. The van der Waals surface area contributed by atoms with E-state index in [-0.39, 0.29) is 0 Å². The fraction of sp³-hybridized carbons (Fsp3) is 0.400. The zero-order valence-electron chi connectivity index (χ0n) is 11.1. The smallest absolute Gasteiger partial charge is 0.213 e. The second kappa shape index (κ2) is 7.51. The quantitative estimate of drug-likeness (QED) is 0.704. The molecular formula is C15H18ClNOS. The number of aromatic nitrogens is 1. The summed E-state index contributed by atoms with van der Waals surface area (Å²) < 4.78 is 5.75. The third-order valence-electron chi connectivity index (χ3n) is 2.75. The average molecular weight is 296 g/mol. The summed E-state index contributed by atoms with van der Waals surface area (Å²) in [6.45, 7) is 2.80. The summed E-state index contributed by atoms with van der Waals surface area (Å²) in [5.41, 5.74) is 2.14. The van der Waals surface area contributed by atoms with E-state index in [1.165, 1.54) is 4.88 Å².